The average Bonchev–Trinajstić information content (AvgIpc) is 1.81. The standard InChI is InChI=1S/C9H18O/c1-8-6-9(2,7-8)4-5-10-3/h8H,4-7H2,1-3H3/t8-,9+. The number of ether oxygens (including phenoxy) is 1. The molecule has 0 unspecified atom stereocenters. The summed E-state index contributed by atoms with van der Waals surface area (Å²) in [6.45, 7) is 5.63. The summed E-state index contributed by atoms with van der Waals surface area (Å²) in [7, 11) is 1.78. The molecule has 1 nitrogen and oxygen atoms in total. The first-order chi connectivity index (χ1) is 4.66. The van der Waals surface area contributed by atoms with Gasteiger partial charge in [-0.15, -0.1) is 0 Å². The fraction of sp³-hybridized carbons (Fsp3) is 1.00. The fourth-order valence-electron chi connectivity index (χ4n) is 2.18. The quantitative estimate of drug-likeness (QED) is 0.588. The third-order valence-electron chi connectivity index (χ3n) is 2.59. The van der Waals surface area contributed by atoms with Gasteiger partial charge >= 0.3 is 0 Å². The van der Waals surface area contributed by atoms with E-state index in [1.54, 1.807) is 7.11 Å². The Labute approximate surface area is 63.8 Å². The molecule has 0 radical (unpaired) electrons. The molecule has 0 aromatic heterocycles. The molecule has 0 atom stereocenters. The maximum atomic E-state index is 5.05. The van der Waals surface area contributed by atoms with Gasteiger partial charge in [-0.05, 0) is 30.6 Å². The molecular formula is C9H18O. The molecule has 1 saturated carbocycles. The van der Waals surface area contributed by atoms with E-state index in [2.05, 4.69) is 13.8 Å². The van der Waals surface area contributed by atoms with Crippen LogP contribution in [0.1, 0.15) is 33.1 Å². The third-order valence-corrected chi connectivity index (χ3v) is 2.59. The van der Waals surface area contributed by atoms with Gasteiger partial charge < -0.3 is 4.74 Å². The van der Waals surface area contributed by atoms with E-state index in [9.17, 15) is 0 Å². The third kappa shape index (κ3) is 1.72. The zero-order chi connectivity index (χ0) is 7.61. The molecule has 0 N–H and O–H groups in total. The van der Waals surface area contributed by atoms with Gasteiger partial charge in [0.15, 0.2) is 0 Å². The summed E-state index contributed by atoms with van der Waals surface area (Å²) < 4.78 is 5.05. The van der Waals surface area contributed by atoms with Gasteiger partial charge in [0.1, 0.15) is 0 Å². The highest BCUT2D eigenvalue weighted by Gasteiger charge is 2.36. The van der Waals surface area contributed by atoms with Crippen LogP contribution in [0.3, 0.4) is 0 Å². The second kappa shape index (κ2) is 2.91. The Morgan fingerprint density at radius 3 is 2.50 bits per heavy atom. The molecule has 60 valence electrons. The zero-order valence-corrected chi connectivity index (χ0v) is 7.31. The number of rotatable bonds is 3. The summed E-state index contributed by atoms with van der Waals surface area (Å²) in [5, 5.41) is 0. The minimum atomic E-state index is 0.620. The van der Waals surface area contributed by atoms with Crippen molar-refractivity contribution < 1.29 is 4.74 Å². The number of hydrogen-bond donors (Lipinski definition) is 0. The van der Waals surface area contributed by atoms with Crippen LogP contribution >= 0.6 is 0 Å². The van der Waals surface area contributed by atoms with Crippen LogP contribution in [0.2, 0.25) is 0 Å². The van der Waals surface area contributed by atoms with E-state index in [4.69, 9.17) is 4.74 Å². The minimum Gasteiger partial charge on any atom is -0.385 e. The molecule has 1 heteroatoms. The van der Waals surface area contributed by atoms with Crippen molar-refractivity contribution in [3.05, 3.63) is 0 Å². The van der Waals surface area contributed by atoms with Crippen LogP contribution in [-0.4, -0.2) is 13.7 Å². The largest absolute Gasteiger partial charge is 0.385 e. The fourth-order valence-corrected chi connectivity index (χ4v) is 2.18. The van der Waals surface area contributed by atoms with Crippen molar-refractivity contribution in [3.8, 4) is 0 Å². The molecule has 1 aliphatic rings. The molecule has 1 fully saturated rings. The van der Waals surface area contributed by atoms with Crippen LogP contribution in [-0.2, 0) is 4.74 Å². The predicted octanol–water partition coefficient (Wildman–Crippen LogP) is 2.46. The molecule has 0 aromatic rings. The van der Waals surface area contributed by atoms with Gasteiger partial charge in [-0.1, -0.05) is 13.8 Å². The van der Waals surface area contributed by atoms with Crippen LogP contribution < -0.4 is 0 Å². The second-order valence-electron chi connectivity index (χ2n) is 4.07. The Bertz CT molecular complexity index is 103. The van der Waals surface area contributed by atoms with Crippen molar-refractivity contribution in [2.24, 2.45) is 11.3 Å². The van der Waals surface area contributed by atoms with Gasteiger partial charge in [0.05, 0.1) is 0 Å². The summed E-state index contributed by atoms with van der Waals surface area (Å²) in [4.78, 5) is 0. The van der Waals surface area contributed by atoms with E-state index in [1.807, 2.05) is 0 Å². The summed E-state index contributed by atoms with van der Waals surface area (Å²) in [6, 6.07) is 0. The lowest BCUT2D eigenvalue weighted by Gasteiger charge is -2.43. The highest BCUT2D eigenvalue weighted by molar-refractivity contribution is 4.87. The molecule has 1 aliphatic carbocycles. The van der Waals surface area contributed by atoms with Gasteiger partial charge in [-0.3, -0.25) is 0 Å². The molecule has 0 aliphatic heterocycles. The van der Waals surface area contributed by atoms with E-state index in [0.29, 0.717) is 5.41 Å². The van der Waals surface area contributed by atoms with Crippen LogP contribution in [0.5, 0.6) is 0 Å². The van der Waals surface area contributed by atoms with Crippen LogP contribution in [0.4, 0.5) is 0 Å². The molecule has 0 aromatic carbocycles. The Kier molecular flexibility index (Phi) is 2.35. The van der Waals surface area contributed by atoms with Gasteiger partial charge in [-0.2, -0.15) is 0 Å². The van der Waals surface area contributed by atoms with Crippen molar-refractivity contribution in [2.75, 3.05) is 13.7 Å². The van der Waals surface area contributed by atoms with E-state index in [1.165, 1.54) is 19.3 Å². The van der Waals surface area contributed by atoms with Crippen molar-refractivity contribution >= 4 is 0 Å². The first-order valence-electron chi connectivity index (χ1n) is 4.15. The SMILES string of the molecule is COCC[C@]1(C)C[C@H](C)C1. The summed E-state index contributed by atoms with van der Waals surface area (Å²) >= 11 is 0. The molecule has 0 spiro atoms. The van der Waals surface area contributed by atoms with Crippen molar-refractivity contribution in [3.63, 3.8) is 0 Å². The topological polar surface area (TPSA) is 9.23 Å². The van der Waals surface area contributed by atoms with Crippen LogP contribution in [0.25, 0.3) is 0 Å². The van der Waals surface area contributed by atoms with Gasteiger partial charge in [0.2, 0.25) is 0 Å². The Balaban J connectivity index is 2.15. The smallest absolute Gasteiger partial charge is 0.0467 e. The lowest BCUT2D eigenvalue weighted by molar-refractivity contribution is 0.0438. The van der Waals surface area contributed by atoms with E-state index >= 15 is 0 Å². The van der Waals surface area contributed by atoms with E-state index < -0.39 is 0 Å². The molecule has 0 heterocycles. The molecule has 0 bridgehead atoms. The van der Waals surface area contributed by atoms with Gasteiger partial charge in [-0.25, -0.2) is 0 Å². The molecule has 0 saturated heterocycles. The monoisotopic (exact) mass is 142 g/mol. The maximum absolute atomic E-state index is 5.05. The molecule has 10 heavy (non-hydrogen) atoms. The Morgan fingerprint density at radius 1 is 1.50 bits per heavy atom. The average molecular weight is 142 g/mol. The first kappa shape index (κ1) is 8.06. The lowest BCUT2D eigenvalue weighted by Crippen LogP contribution is -2.33. The number of hydrogen-bond acceptors (Lipinski definition) is 1. The summed E-state index contributed by atoms with van der Waals surface area (Å²) in [5.74, 6) is 0.960. The normalized spacial score (nSPS) is 39.3. The summed E-state index contributed by atoms with van der Waals surface area (Å²) in [5.41, 5.74) is 0.620. The minimum absolute atomic E-state index is 0.620. The van der Waals surface area contributed by atoms with Gasteiger partial charge in [0.25, 0.3) is 0 Å². The van der Waals surface area contributed by atoms with E-state index in [0.717, 1.165) is 12.5 Å². The van der Waals surface area contributed by atoms with Crippen molar-refractivity contribution in [1.29, 1.82) is 0 Å². The van der Waals surface area contributed by atoms with Crippen molar-refractivity contribution in [1.82, 2.24) is 0 Å². The number of methoxy groups -OCH3 is 1. The van der Waals surface area contributed by atoms with E-state index in [-0.39, 0.29) is 0 Å². The lowest BCUT2D eigenvalue weighted by atomic mass is 9.62. The van der Waals surface area contributed by atoms with Gasteiger partial charge in [0, 0.05) is 13.7 Å². The second-order valence-corrected chi connectivity index (χ2v) is 4.07. The molecule has 0 amide bonds. The first-order valence-corrected chi connectivity index (χ1v) is 4.15. The highest BCUT2D eigenvalue weighted by Crippen LogP contribution is 2.47. The van der Waals surface area contributed by atoms with Crippen LogP contribution in [0.15, 0.2) is 0 Å². The van der Waals surface area contributed by atoms with Crippen LogP contribution in [0, 0.1) is 11.3 Å². The zero-order valence-electron chi connectivity index (χ0n) is 7.31. The Hall–Kier alpha value is -0.0400. The molecule has 1 rings (SSSR count). The maximum Gasteiger partial charge on any atom is 0.0467 e. The summed E-state index contributed by atoms with van der Waals surface area (Å²) in [6.07, 6.45) is 4.04. The predicted molar refractivity (Wildman–Crippen MR) is 43.0 cm³/mol. The Morgan fingerprint density at radius 2 is 2.10 bits per heavy atom. The highest BCUT2D eigenvalue weighted by atomic mass is 16.5. The van der Waals surface area contributed by atoms with Crippen molar-refractivity contribution in [2.45, 2.75) is 33.1 Å². The molecular weight excluding hydrogens is 124 g/mol.